The minimum absolute atomic E-state index is 0.0496. The number of aromatic nitrogens is 1. The lowest BCUT2D eigenvalue weighted by Gasteiger charge is -2.28. The van der Waals surface area contributed by atoms with Gasteiger partial charge in [0.1, 0.15) is 0 Å². The molecule has 1 heterocycles. The summed E-state index contributed by atoms with van der Waals surface area (Å²) >= 11 is 0. The highest BCUT2D eigenvalue weighted by molar-refractivity contribution is 6.06. The molecule has 2 amide bonds. The van der Waals surface area contributed by atoms with Gasteiger partial charge in [0, 0.05) is 62.8 Å². The van der Waals surface area contributed by atoms with Gasteiger partial charge in [-0.05, 0) is 32.1 Å². The Morgan fingerprint density at radius 2 is 1.81 bits per heavy atom. The number of carbonyl (C=O) groups is 3. The lowest BCUT2D eigenvalue weighted by molar-refractivity contribution is -0.118. The molecule has 12 heteroatoms. The van der Waals surface area contributed by atoms with E-state index >= 15 is 0 Å². The number of hydrogen-bond acceptors (Lipinski definition) is 9. The average molecular weight is 508 g/mol. The summed E-state index contributed by atoms with van der Waals surface area (Å²) < 4.78 is 1.31. The summed E-state index contributed by atoms with van der Waals surface area (Å²) in [6.07, 6.45) is 7.54. The van der Waals surface area contributed by atoms with E-state index in [9.17, 15) is 29.4 Å². The van der Waals surface area contributed by atoms with Gasteiger partial charge >= 0.3 is 0 Å². The Balaban J connectivity index is 2.50. The van der Waals surface area contributed by atoms with Crippen LogP contribution in [0.25, 0.3) is 0 Å². The zero-order chi connectivity index (χ0) is 27.1. The van der Waals surface area contributed by atoms with Gasteiger partial charge in [0.15, 0.2) is 17.2 Å². The number of amides is 2. The summed E-state index contributed by atoms with van der Waals surface area (Å²) in [6, 6.07) is 1.12. The minimum atomic E-state index is -0.697. The first-order chi connectivity index (χ1) is 17.1. The van der Waals surface area contributed by atoms with E-state index in [-0.39, 0.29) is 25.4 Å². The SMILES string of the molecule is CCC(N)(CCCNC(=O)/C=C(\O)C(=O)/C=C\NC)CCCNC(=O)c1c(O)c(=O)ccn1CCO. The fraction of sp³-hybridized carbons (Fsp3) is 0.500. The number of aliphatic hydroxyl groups is 2. The minimum Gasteiger partial charge on any atom is -0.504 e. The van der Waals surface area contributed by atoms with Crippen LogP contribution in [0.2, 0.25) is 0 Å². The molecule has 36 heavy (non-hydrogen) atoms. The Morgan fingerprint density at radius 3 is 2.39 bits per heavy atom. The van der Waals surface area contributed by atoms with Crippen LogP contribution in [-0.4, -0.2) is 69.8 Å². The molecule has 1 rings (SSSR count). The fourth-order valence-corrected chi connectivity index (χ4v) is 3.44. The molecule has 12 nitrogen and oxygen atoms in total. The molecule has 0 fully saturated rings. The van der Waals surface area contributed by atoms with Crippen LogP contribution < -0.4 is 27.1 Å². The average Bonchev–Trinajstić information content (AvgIpc) is 2.85. The van der Waals surface area contributed by atoms with Crippen molar-refractivity contribution >= 4 is 17.6 Å². The molecular weight excluding hydrogens is 470 g/mol. The Kier molecular flexibility index (Phi) is 13.0. The van der Waals surface area contributed by atoms with Crippen molar-refractivity contribution in [2.24, 2.45) is 5.73 Å². The number of ketones is 1. The molecule has 0 saturated heterocycles. The highest BCUT2D eigenvalue weighted by Gasteiger charge is 2.23. The molecule has 0 aromatic carbocycles. The number of allylic oxidation sites excluding steroid dienone is 1. The number of aliphatic hydroxyl groups excluding tert-OH is 2. The molecule has 1 aromatic heterocycles. The van der Waals surface area contributed by atoms with Gasteiger partial charge in [-0.1, -0.05) is 6.92 Å². The van der Waals surface area contributed by atoms with Crippen LogP contribution in [0.1, 0.15) is 49.5 Å². The summed E-state index contributed by atoms with van der Waals surface area (Å²) in [5.41, 5.74) is 5.04. The van der Waals surface area contributed by atoms with Gasteiger partial charge in [-0.25, -0.2) is 0 Å². The number of hydrogen-bond donors (Lipinski definition) is 7. The van der Waals surface area contributed by atoms with Crippen molar-refractivity contribution in [1.82, 2.24) is 20.5 Å². The highest BCUT2D eigenvalue weighted by atomic mass is 16.3. The summed E-state index contributed by atoms with van der Waals surface area (Å²) in [6.45, 7) is 2.29. The second-order valence-electron chi connectivity index (χ2n) is 8.28. The smallest absolute Gasteiger partial charge is 0.271 e. The van der Waals surface area contributed by atoms with Gasteiger partial charge in [-0.2, -0.15) is 0 Å². The molecule has 200 valence electrons. The number of nitrogens with two attached hydrogens (primary N) is 1. The van der Waals surface area contributed by atoms with Crippen molar-refractivity contribution in [2.75, 3.05) is 26.7 Å². The van der Waals surface area contributed by atoms with E-state index in [4.69, 9.17) is 10.8 Å². The first kappa shape index (κ1) is 30.4. The quantitative estimate of drug-likeness (QED) is 0.0900. The van der Waals surface area contributed by atoms with E-state index in [0.29, 0.717) is 38.6 Å². The van der Waals surface area contributed by atoms with Crippen molar-refractivity contribution in [1.29, 1.82) is 0 Å². The molecule has 0 saturated carbocycles. The maximum atomic E-state index is 12.5. The number of aromatic hydroxyl groups is 1. The van der Waals surface area contributed by atoms with Crippen LogP contribution >= 0.6 is 0 Å². The predicted octanol–water partition coefficient (Wildman–Crippen LogP) is -0.196. The molecule has 8 N–H and O–H groups in total. The molecule has 1 atom stereocenters. The Hall–Kier alpha value is -3.64. The van der Waals surface area contributed by atoms with Gasteiger partial charge in [0.25, 0.3) is 5.91 Å². The van der Waals surface area contributed by atoms with E-state index in [0.717, 1.165) is 18.2 Å². The van der Waals surface area contributed by atoms with Crippen LogP contribution in [0.15, 0.2) is 41.2 Å². The maximum absolute atomic E-state index is 12.5. The van der Waals surface area contributed by atoms with Crippen LogP contribution in [-0.2, 0) is 16.1 Å². The van der Waals surface area contributed by atoms with E-state index < -0.39 is 40.1 Å². The largest absolute Gasteiger partial charge is 0.504 e. The number of pyridine rings is 1. The van der Waals surface area contributed by atoms with Gasteiger partial charge < -0.3 is 41.6 Å². The molecule has 0 aliphatic rings. The molecule has 0 aliphatic heterocycles. The first-order valence-electron chi connectivity index (χ1n) is 11.8. The van der Waals surface area contributed by atoms with E-state index in [2.05, 4.69) is 16.0 Å². The topological polar surface area (TPSA) is 196 Å². The van der Waals surface area contributed by atoms with Crippen molar-refractivity contribution in [3.8, 4) is 5.75 Å². The second-order valence-corrected chi connectivity index (χ2v) is 8.28. The Labute approximate surface area is 209 Å². The van der Waals surface area contributed by atoms with E-state index in [1.807, 2.05) is 6.92 Å². The molecule has 0 spiro atoms. The molecule has 0 aliphatic carbocycles. The first-order valence-corrected chi connectivity index (χ1v) is 11.8. The molecular formula is C24H37N5O7. The third-order valence-corrected chi connectivity index (χ3v) is 5.62. The maximum Gasteiger partial charge on any atom is 0.271 e. The standard InChI is InChI=1S/C24H37N5O7/c1-3-24(25,8-4-10-27-20(34)16-19(33)17(31)6-12-26-2)9-5-11-28-23(36)21-22(35)18(32)7-13-29(21)14-15-30/h6-7,12-13,16,26,30,33,35H,3-5,8-11,14-15,25H2,1-2H3,(H,27,34)(H,28,36)/b12-6-,19-16-. The van der Waals surface area contributed by atoms with E-state index in [1.165, 1.54) is 17.0 Å². The molecule has 0 bridgehead atoms. The Morgan fingerprint density at radius 1 is 1.17 bits per heavy atom. The molecule has 0 radical (unpaired) electrons. The van der Waals surface area contributed by atoms with Crippen molar-refractivity contribution < 1.29 is 29.7 Å². The van der Waals surface area contributed by atoms with Gasteiger partial charge in [0.2, 0.25) is 17.1 Å². The van der Waals surface area contributed by atoms with Crippen molar-refractivity contribution in [2.45, 2.75) is 51.1 Å². The van der Waals surface area contributed by atoms with Crippen LogP contribution in [0.4, 0.5) is 0 Å². The van der Waals surface area contributed by atoms with Crippen LogP contribution in [0, 0.1) is 0 Å². The third kappa shape index (κ3) is 9.92. The van der Waals surface area contributed by atoms with Crippen molar-refractivity contribution in [3.63, 3.8) is 0 Å². The van der Waals surface area contributed by atoms with Crippen LogP contribution in [0.5, 0.6) is 5.75 Å². The normalized spacial score (nSPS) is 13.3. The number of nitrogens with zero attached hydrogens (tertiary/aromatic N) is 1. The third-order valence-electron chi connectivity index (χ3n) is 5.62. The summed E-state index contributed by atoms with van der Waals surface area (Å²) in [4.78, 5) is 47.6. The number of carbonyl (C=O) groups excluding carboxylic acids is 3. The number of rotatable bonds is 16. The lowest BCUT2D eigenvalue weighted by Crippen LogP contribution is -2.41. The molecule has 1 unspecified atom stereocenters. The van der Waals surface area contributed by atoms with E-state index in [1.54, 1.807) is 7.05 Å². The zero-order valence-electron chi connectivity index (χ0n) is 20.7. The molecule has 1 aromatic rings. The van der Waals surface area contributed by atoms with Crippen LogP contribution in [0.3, 0.4) is 0 Å². The fourth-order valence-electron chi connectivity index (χ4n) is 3.44. The van der Waals surface area contributed by atoms with Gasteiger partial charge in [-0.3, -0.25) is 19.2 Å². The Bertz CT molecular complexity index is 1020. The van der Waals surface area contributed by atoms with Gasteiger partial charge in [-0.15, -0.1) is 0 Å². The predicted molar refractivity (Wildman–Crippen MR) is 134 cm³/mol. The lowest BCUT2D eigenvalue weighted by atomic mass is 9.87. The summed E-state index contributed by atoms with van der Waals surface area (Å²) in [5, 5.41) is 36.6. The summed E-state index contributed by atoms with van der Waals surface area (Å²) in [5.74, 6) is -3.26. The second kappa shape index (κ2) is 15.4. The highest BCUT2D eigenvalue weighted by Crippen LogP contribution is 2.20. The summed E-state index contributed by atoms with van der Waals surface area (Å²) in [7, 11) is 1.59. The zero-order valence-corrected chi connectivity index (χ0v) is 20.7. The number of nitrogens with one attached hydrogen (secondary N) is 3. The monoisotopic (exact) mass is 507 g/mol. The van der Waals surface area contributed by atoms with Crippen molar-refractivity contribution in [3.05, 3.63) is 52.3 Å². The van der Waals surface area contributed by atoms with Gasteiger partial charge in [0.05, 0.1) is 6.61 Å².